The van der Waals surface area contributed by atoms with Gasteiger partial charge < -0.3 is 5.73 Å². The van der Waals surface area contributed by atoms with Crippen LogP contribution in [-0.2, 0) is 16.2 Å². The first-order valence-corrected chi connectivity index (χ1v) is 8.28. The molecular weight excluding hydrogens is 355 g/mol. The number of anilines is 1. The maximum atomic E-state index is 13.0. The van der Waals surface area contributed by atoms with E-state index < -0.39 is 32.7 Å². The van der Waals surface area contributed by atoms with Crippen LogP contribution in [0.5, 0.6) is 0 Å². The summed E-state index contributed by atoms with van der Waals surface area (Å²) < 4.78 is 63.6. The Kier molecular flexibility index (Phi) is 4.38. The number of halogens is 4. The van der Waals surface area contributed by atoms with Crippen molar-refractivity contribution in [1.29, 1.82) is 0 Å². The SMILES string of the molecule is CC(C)S(=O)(=O)n1cc(-c2cc(Cl)c(N)c(C(F)(F)F)c2)cn1. The zero-order valence-corrected chi connectivity index (χ0v) is 13.7. The minimum atomic E-state index is -4.68. The molecule has 0 spiro atoms. The zero-order valence-electron chi connectivity index (χ0n) is 12.1. The summed E-state index contributed by atoms with van der Waals surface area (Å²) in [4.78, 5) is 0. The van der Waals surface area contributed by atoms with Gasteiger partial charge in [-0.2, -0.15) is 22.4 Å². The van der Waals surface area contributed by atoms with E-state index in [0.717, 1.165) is 22.5 Å². The molecule has 23 heavy (non-hydrogen) atoms. The van der Waals surface area contributed by atoms with E-state index >= 15 is 0 Å². The Bertz CT molecular complexity index is 845. The molecule has 1 aromatic heterocycles. The van der Waals surface area contributed by atoms with Gasteiger partial charge in [0.25, 0.3) is 10.0 Å². The first kappa shape index (κ1) is 17.6. The standard InChI is InChI=1S/C13H13ClF3N3O2S/c1-7(2)23(21,22)20-6-9(5-19-20)8-3-10(13(15,16)17)12(18)11(14)4-8/h3-7H,18H2,1-2H3. The maximum Gasteiger partial charge on any atom is 0.418 e. The summed E-state index contributed by atoms with van der Waals surface area (Å²) in [5.41, 5.74) is 3.95. The van der Waals surface area contributed by atoms with E-state index in [1.807, 2.05) is 0 Å². The number of alkyl halides is 3. The summed E-state index contributed by atoms with van der Waals surface area (Å²) in [5.74, 6) is 0. The van der Waals surface area contributed by atoms with Crippen molar-refractivity contribution in [2.24, 2.45) is 0 Å². The molecule has 0 fully saturated rings. The second kappa shape index (κ2) is 5.72. The molecule has 2 N–H and O–H groups in total. The van der Waals surface area contributed by atoms with Crippen LogP contribution in [0.15, 0.2) is 24.5 Å². The van der Waals surface area contributed by atoms with Crippen molar-refractivity contribution in [3.05, 3.63) is 35.1 Å². The molecule has 5 nitrogen and oxygen atoms in total. The third-order valence-electron chi connectivity index (χ3n) is 3.18. The summed E-state index contributed by atoms with van der Waals surface area (Å²) in [6.07, 6.45) is -2.39. The zero-order chi connectivity index (χ0) is 17.6. The summed E-state index contributed by atoms with van der Waals surface area (Å²) in [5, 5.41) is 2.71. The van der Waals surface area contributed by atoms with Crippen molar-refractivity contribution in [2.45, 2.75) is 25.3 Å². The molecule has 2 aromatic rings. The van der Waals surface area contributed by atoms with Crippen LogP contribution < -0.4 is 5.73 Å². The lowest BCUT2D eigenvalue weighted by atomic mass is 10.0. The second-order valence-corrected chi connectivity index (χ2v) is 7.87. The summed E-state index contributed by atoms with van der Waals surface area (Å²) in [6, 6.07) is 2.04. The largest absolute Gasteiger partial charge is 0.418 e. The Labute approximate surface area is 135 Å². The van der Waals surface area contributed by atoms with Crippen molar-refractivity contribution < 1.29 is 21.6 Å². The average Bonchev–Trinajstić information content (AvgIpc) is 2.90. The molecule has 2 rings (SSSR count). The Hall–Kier alpha value is -1.74. The van der Waals surface area contributed by atoms with Gasteiger partial charge >= 0.3 is 6.18 Å². The van der Waals surface area contributed by atoms with Crippen molar-refractivity contribution in [1.82, 2.24) is 9.19 Å². The first-order valence-electron chi connectivity index (χ1n) is 6.40. The number of benzene rings is 1. The smallest absolute Gasteiger partial charge is 0.397 e. The summed E-state index contributed by atoms with van der Waals surface area (Å²) in [6.45, 7) is 2.94. The Morgan fingerprint density at radius 1 is 1.26 bits per heavy atom. The van der Waals surface area contributed by atoms with Crippen molar-refractivity contribution in [3.8, 4) is 11.1 Å². The second-order valence-electron chi connectivity index (χ2n) is 5.11. The molecule has 0 amide bonds. The van der Waals surface area contributed by atoms with E-state index in [9.17, 15) is 21.6 Å². The Balaban J connectivity index is 2.57. The molecule has 1 aromatic carbocycles. The average molecular weight is 368 g/mol. The molecule has 0 aliphatic carbocycles. The van der Waals surface area contributed by atoms with Crippen LogP contribution in [0.25, 0.3) is 11.1 Å². The number of nitrogen functional groups attached to an aromatic ring is 1. The molecule has 1 heterocycles. The van der Waals surface area contributed by atoms with Gasteiger partial charge in [-0.1, -0.05) is 11.6 Å². The van der Waals surface area contributed by atoms with Gasteiger partial charge in [0.05, 0.1) is 33.9 Å². The highest BCUT2D eigenvalue weighted by Gasteiger charge is 2.34. The minimum Gasteiger partial charge on any atom is -0.397 e. The molecule has 0 saturated carbocycles. The fourth-order valence-electron chi connectivity index (χ4n) is 1.83. The monoisotopic (exact) mass is 367 g/mol. The van der Waals surface area contributed by atoms with E-state index in [-0.39, 0.29) is 16.1 Å². The lowest BCUT2D eigenvalue weighted by molar-refractivity contribution is -0.136. The third kappa shape index (κ3) is 3.30. The maximum absolute atomic E-state index is 13.0. The van der Waals surface area contributed by atoms with Crippen LogP contribution >= 0.6 is 11.6 Å². The quantitative estimate of drug-likeness (QED) is 0.843. The van der Waals surface area contributed by atoms with Gasteiger partial charge in [0.15, 0.2) is 0 Å². The number of aromatic nitrogens is 2. The summed E-state index contributed by atoms with van der Waals surface area (Å²) >= 11 is 5.75. The van der Waals surface area contributed by atoms with Gasteiger partial charge in [-0.15, -0.1) is 0 Å². The molecule has 0 radical (unpaired) electrons. The van der Waals surface area contributed by atoms with E-state index in [1.54, 1.807) is 0 Å². The van der Waals surface area contributed by atoms with Crippen LogP contribution in [0.3, 0.4) is 0 Å². The molecule has 0 unspecified atom stereocenters. The minimum absolute atomic E-state index is 0.0710. The normalized spacial score (nSPS) is 12.8. The number of nitrogens with two attached hydrogens (primary N) is 1. The highest BCUT2D eigenvalue weighted by Crippen LogP contribution is 2.40. The fraction of sp³-hybridized carbons (Fsp3) is 0.308. The van der Waals surface area contributed by atoms with Crippen LogP contribution in [0, 0.1) is 0 Å². The van der Waals surface area contributed by atoms with E-state index in [4.69, 9.17) is 17.3 Å². The third-order valence-corrected chi connectivity index (χ3v) is 5.41. The van der Waals surface area contributed by atoms with Crippen LogP contribution in [0.2, 0.25) is 5.02 Å². The first-order chi connectivity index (χ1) is 10.4. The van der Waals surface area contributed by atoms with Crippen LogP contribution in [-0.4, -0.2) is 22.9 Å². The molecule has 0 bridgehead atoms. The number of rotatable bonds is 3. The lowest BCUT2D eigenvalue weighted by Crippen LogP contribution is -2.22. The van der Waals surface area contributed by atoms with Crippen molar-refractivity contribution >= 4 is 27.3 Å². The van der Waals surface area contributed by atoms with Crippen molar-refractivity contribution in [3.63, 3.8) is 0 Å². The van der Waals surface area contributed by atoms with E-state index in [0.29, 0.717) is 0 Å². The number of nitrogens with zero attached hydrogens (tertiary/aromatic N) is 2. The fourth-order valence-corrected chi connectivity index (χ4v) is 2.92. The topological polar surface area (TPSA) is 78.0 Å². The highest BCUT2D eigenvalue weighted by atomic mass is 35.5. The molecule has 0 atom stereocenters. The van der Waals surface area contributed by atoms with Gasteiger partial charge in [0, 0.05) is 5.56 Å². The van der Waals surface area contributed by atoms with Crippen molar-refractivity contribution in [2.75, 3.05) is 5.73 Å². The van der Waals surface area contributed by atoms with Crippen LogP contribution in [0.1, 0.15) is 19.4 Å². The van der Waals surface area contributed by atoms with E-state index in [2.05, 4.69) is 5.10 Å². The molecule has 10 heteroatoms. The molecule has 0 aliphatic heterocycles. The molecule has 126 valence electrons. The highest BCUT2D eigenvalue weighted by molar-refractivity contribution is 7.90. The molecular formula is C13H13ClF3N3O2S. The van der Waals surface area contributed by atoms with E-state index in [1.165, 1.54) is 19.9 Å². The van der Waals surface area contributed by atoms with Gasteiger partial charge in [-0.25, -0.2) is 8.42 Å². The van der Waals surface area contributed by atoms with Gasteiger partial charge in [0.1, 0.15) is 0 Å². The van der Waals surface area contributed by atoms with Gasteiger partial charge in [0.2, 0.25) is 0 Å². The number of hydrogen-bond acceptors (Lipinski definition) is 4. The predicted octanol–water partition coefficient (Wildman–Crippen LogP) is 3.39. The van der Waals surface area contributed by atoms with Gasteiger partial charge in [-0.3, -0.25) is 0 Å². The number of hydrogen-bond donors (Lipinski definition) is 1. The molecule has 0 aliphatic rings. The Morgan fingerprint density at radius 3 is 2.39 bits per heavy atom. The molecule has 0 saturated heterocycles. The lowest BCUT2D eigenvalue weighted by Gasteiger charge is -2.13. The van der Waals surface area contributed by atoms with Gasteiger partial charge in [-0.05, 0) is 31.5 Å². The van der Waals surface area contributed by atoms with Crippen LogP contribution in [0.4, 0.5) is 18.9 Å². The summed E-state index contributed by atoms with van der Waals surface area (Å²) in [7, 11) is -3.70. The predicted molar refractivity (Wildman–Crippen MR) is 81.5 cm³/mol. The Morgan fingerprint density at radius 2 is 1.87 bits per heavy atom.